The second-order valence-electron chi connectivity index (χ2n) is 4.97. The maximum absolute atomic E-state index is 12.3. The van der Waals surface area contributed by atoms with E-state index in [2.05, 4.69) is 11.9 Å². The zero-order chi connectivity index (χ0) is 18.2. The van der Waals surface area contributed by atoms with Gasteiger partial charge >= 0.3 is 0 Å². The first-order valence-electron chi connectivity index (χ1n) is 7.33. The van der Waals surface area contributed by atoms with Crippen LogP contribution in [0.25, 0.3) is 6.08 Å². The smallest absolute Gasteiger partial charge is 0.266 e. The molecule has 0 atom stereocenters. The molecule has 0 aliphatic rings. The Kier molecular flexibility index (Phi) is 5.80. The van der Waals surface area contributed by atoms with Crippen molar-refractivity contribution in [2.75, 3.05) is 11.9 Å². The molecule has 0 saturated heterocycles. The molecule has 2 aromatic carbocycles. The molecule has 126 valence electrons. The zero-order valence-electron chi connectivity index (χ0n) is 13.3. The first kappa shape index (κ1) is 17.6. The molecular formula is C19H16N2O4. The SMILES string of the molecule is C=CCOc1ccccc1NC(=O)/C(C#N)=C/c1ccc(O)c(O)c1. The predicted octanol–water partition coefficient (Wildman–Crippen LogP) is 3.21. The highest BCUT2D eigenvalue weighted by atomic mass is 16.5. The number of hydrogen-bond acceptors (Lipinski definition) is 5. The second kappa shape index (κ2) is 8.22. The lowest BCUT2D eigenvalue weighted by Crippen LogP contribution is -2.14. The first-order chi connectivity index (χ1) is 12.0. The van der Waals surface area contributed by atoms with Gasteiger partial charge in [-0.05, 0) is 35.9 Å². The Labute approximate surface area is 144 Å². The molecule has 0 spiro atoms. The minimum Gasteiger partial charge on any atom is -0.504 e. The van der Waals surface area contributed by atoms with Crippen molar-refractivity contribution in [3.63, 3.8) is 0 Å². The van der Waals surface area contributed by atoms with Gasteiger partial charge in [0.2, 0.25) is 0 Å². The van der Waals surface area contributed by atoms with Gasteiger partial charge in [0.15, 0.2) is 11.5 Å². The fourth-order valence-electron chi connectivity index (χ4n) is 1.98. The standard InChI is InChI=1S/C19H16N2O4/c1-2-9-25-18-6-4-3-5-15(18)21-19(24)14(12-20)10-13-7-8-16(22)17(23)11-13/h2-8,10-11,22-23H,1,9H2,(H,21,24)/b14-10+. The van der Waals surface area contributed by atoms with E-state index in [1.807, 2.05) is 6.07 Å². The Morgan fingerprint density at radius 2 is 2.00 bits per heavy atom. The maximum Gasteiger partial charge on any atom is 0.266 e. The van der Waals surface area contributed by atoms with Gasteiger partial charge in [-0.15, -0.1) is 0 Å². The summed E-state index contributed by atoms with van der Waals surface area (Å²) in [4.78, 5) is 12.3. The minimum atomic E-state index is -0.621. The van der Waals surface area contributed by atoms with Crippen LogP contribution in [0.2, 0.25) is 0 Å². The number of anilines is 1. The van der Waals surface area contributed by atoms with Gasteiger partial charge in [-0.1, -0.05) is 30.9 Å². The number of nitrogens with one attached hydrogen (secondary N) is 1. The molecule has 0 bridgehead atoms. The highest BCUT2D eigenvalue weighted by Gasteiger charge is 2.12. The summed E-state index contributed by atoms with van der Waals surface area (Å²) < 4.78 is 5.45. The van der Waals surface area contributed by atoms with Crippen molar-refractivity contribution in [1.29, 1.82) is 5.26 Å². The molecule has 3 N–H and O–H groups in total. The summed E-state index contributed by atoms with van der Waals surface area (Å²) in [5.74, 6) is -0.789. The van der Waals surface area contributed by atoms with E-state index in [1.54, 1.807) is 30.3 Å². The summed E-state index contributed by atoms with van der Waals surface area (Å²) in [6, 6.07) is 12.6. The van der Waals surface area contributed by atoms with Crippen LogP contribution in [0.3, 0.4) is 0 Å². The van der Waals surface area contributed by atoms with Crippen molar-refractivity contribution < 1.29 is 19.7 Å². The first-order valence-corrected chi connectivity index (χ1v) is 7.33. The van der Waals surface area contributed by atoms with Gasteiger partial charge in [-0.2, -0.15) is 5.26 Å². The second-order valence-corrected chi connectivity index (χ2v) is 4.97. The number of hydrogen-bond donors (Lipinski definition) is 3. The Morgan fingerprint density at radius 1 is 1.24 bits per heavy atom. The molecular weight excluding hydrogens is 320 g/mol. The molecule has 25 heavy (non-hydrogen) atoms. The molecule has 0 heterocycles. The molecule has 0 aromatic heterocycles. The number of carbonyl (C=O) groups excluding carboxylic acids is 1. The zero-order valence-corrected chi connectivity index (χ0v) is 13.3. The molecule has 0 radical (unpaired) electrons. The normalized spacial score (nSPS) is 10.6. The summed E-state index contributed by atoms with van der Waals surface area (Å²) in [6.07, 6.45) is 2.89. The Hall–Kier alpha value is -3.72. The Morgan fingerprint density at radius 3 is 2.68 bits per heavy atom. The van der Waals surface area contributed by atoms with E-state index < -0.39 is 5.91 Å². The number of amides is 1. The number of nitrogens with zero attached hydrogens (tertiary/aromatic N) is 1. The van der Waals surface area contributed by atoms with E-state index in [1.165, 1.54) is 24.3 Å². The third kappa shape index (κ3) is 4.62. The topological polar surface area (TPSA) is 103 Å². The highest BCUT2D eigenvalue weighted by molar-refractivity contribution is 6.10. The number of benzene rings is 2. The van der Waals surface area contributed by atoms with Gasteiger partial charge in [0.1, 0.15) is 24.0 Å². The van der Waals surface area contributed by atoms with Crippen molar-refractivity contribution in [3.8, 4) is 23.3 Å². The lowest BCUT2D eigenvalue weighted by atomic mass is 10.1. The molecule has 6 nitrogen and oxygen atoms in total. The van der Waals surface area contributed by atoms with E-state index in [-0.39, 0.29) is 23.7 Å². The van der Waals surface area contributed by atoms with Gasteiger partial charge in [0, 0.05) is 0 Å². The third-order valence-electron chi connectivity index (χ3n) is 3.17. The van der Waals surface area contributed by atoms with Crippen LogP contribution >= 0.6 is 0 Å². The molecule has 0 aliphatic heterocycles. The quantitative estimate of drug-likeness (QED) is 0.325. The number of aromatic hydroxyl groups is 2. The minimum absolute atomic E-state index is 0.163. The predicted molar refractivity (Wildman–Crippen MR) is 94.1 cm³/mol. The van der Waals surface area contributed by atoms with E-state index in [0.717, 1.165) is 0 Å². The van der Waals surface area contributed by atoms with Crippen molar-refractivity contribution in [2.45, 2.75) is 0 Å². The van der Waals surface area contributed by atoms with E-state index >= 15 is 0 Å². The summed E-state index contributed by atoms with van der Waals surface area (Å²) >= 11 is 0. The largest absolute Gasteiger partial charge is 0.504 e. The maximum atomic E-state index is 12.3. The molecule has 0 saturated carbocycles. The van der Waals surface area contributed by atoms with Crippen LogP contribution in [0.5, 0.6) is 17.2 Å². The molecule has 2 rings (SSSR count). The van der Waals surface area contributed by atoms with Crippen LogP contribution in [0, 0.1) is 11.3 Å². The number of rotatable bonds is 6. The van der Waals surface area contributed by atoms with Gasteiger partial charge in [-0.3, -0.25) is 4.79 Å². The van der Waals surface area contributed by atoms with Crippen LogP contribution in [0.1, 0.15) is 5.56 Å². The Balaban J connectivity index is 2.23. The van der Waals surface area contributed by atoms with Crippen LogP contribution in [-0.4, -0.2) is 22.7 Å². The van der Waals surface area contributed by atoms with E-state index in [4.69, 9.17) is 4.74 Å². The number of carbonyl (C=O) groups is 1. The van der Waals surface area contributed by atoms with Crippen LogP contribution in [-0.2, 0) is 4.79 Å². The summed E-state index contributed by atoms with van der Waals surface area (Å²) in [5.41, 5.74) is 0.658. The Bertz CT molecular complexity index is 866. The number of phenols is 2. The summed E-state index contributed by atoms with van der Waals surface area (Å²) in [5, 5.41) is 30.6. The molecule has 6 heteroatoms. The third-order valence-corrected chi connectivity index (χ3v) is 3.17. The van der Waals surface area contributed by atoms with Gasteiger partial charge < -0.3 is 20.3 Å². The lowest BCUT2D eigenvalue weighted by molar-refractivity contribution is -0.112. The lowest BCUT2D eigenvalue weighted by Gasteiger charge is -2.11. The summed E-state index contributed by atoms with van der Waals surface area (Å²) in [6.45, 7) is 3.84. The van der Waals surface area contributed by atoms with Crippen LogP contribution in [0.4, 0.5) is 5.69 Å². The van der Waals surface area contributed by atoms with Gasteiger partial charge in [0.25, 0.3) is 5.91 Å². The van der Waals surface area contributed by atoms with Crippen molar-refractivity contribution in [1.82, 2.24) is 0 Å². The van der Waals surface area contributed by atoms with Crippen molar-refractivity contribution >= 4 is 17.7 Å². The summed E-state index contributed by atoms with van der Waals surface area (Å²) in [7, 11) is 0. The van der Waals surface area contributed by atoms with Crippen LogP contribution < -0.4 is 10.1 Å². The van der Waals surface area contributed by atoms with Crippen LogP contribution in [0.15, 0.2) is 60.7 Å². The monoisotopic (exact) mass is 336 g/mol. The molecule has 0 aliphatic carbocycles. The van der Waals surface area contributed by atoms with Crippen molar-refractivity contribution in [3.05, 3.63) is 66.3 Å². The molecule has 2 aromatic rings. The fraction of sp³-hybridized carbons (Fsp3) is 0.0526. The number of para-hydroxylation sites is 2. The average Bonchev–Trinajstić information content (AvgIpc) is 2.61. The molecule has 0 unspecified atom stereocenters. The molecule has 0 fully saturated rings. The number of phenolic OH excluding ortho intramolecular Hbond substituents is 2. The average molecular weight is 336 g/mol. The van der Waals surface area contributed by atoms with E-state index in [0.29, 0.717) is 17.0 Å². The van der Waals surface area contributed by atoms with Gasteiger partial charge in [-0.25, -0.2) is 0 Å². The fourth-order valence-corrected chi connectivity index (χ4v) is 1.98. The number of ether oxygens (including phenoxy) is 1. The highest BCUT2D eigenvalue weighted by Crippen LogP contribution is 2.27. The number of nitriles is 1. The van der Waals surface area contributed by atoms with Gasteiger partial charge in [0.05, 0.1) is 5.69 Å². The van der Waals surface area contributed by atoms with Crippen molar-refractivity contribution in [2.24, 2.45) is 0 Å². The van der Waals surface area contributed by atoms with E-state index in [9.17, 15) is 20.3 Å². The molecule has 1 amide bonds.